The predicted octanol–water partition coefficient (Wildman–Crippen LogP) is 2.86. The smallest absolute Gasteiger partial charge is 0.255 e. The van der Waals surface area contributed by atoms with Crippen molar-refractivity contribution < 1.29 is 17.7 Å². The van der Waals surface area contributed by atoms with E-state index in [0.29, 0.717) is 16.1 Å². The van der Waals surface area contributed by atoms with E-state index in [2.05, 4.69) is 14.9 Å². The molecule has 2 fully saturated rings. The van der Waals surface area contributed by atoms with Crippen LogP contribution in [0.5, 0.6) is 0 Å². The molecule has 1 saturated heterocycles. The van der Waals surface area contributed by atoms with Crippen LogP contribution in [-0.4, -0.2) is 31.2 Å². The number of nitrogens with zero attached hydrogens (tertiary/aromatic N) is 2. The first kappa shape index (κ1) is 16.5. The lowest BCUT2D eigenvalue weighted by Crippen LogP contribution is -2.31. The molecule has 4 rings (SSSR count). The minimum Gasteiger partial charge on any atom is -0.364 e. The Kier molecular flexibility index (Phi) is 4.38. The largest absolute Gasteiger partial charge is 0.364 e. The maximum absolute atomic E-state index is 12.2. The molecular weight excluding hydrogens is 374 g/mol. The Morgan fingerprint density at radius 1 is 1.29 bits per heavy atom. The maximum Gasteiger partial charge on any atom is 0.255 e. The Morgan fingerprint density at radius 3 is 2.83 bits per heavy atom. The lowest BCUT2D eigenvalue weighted by atomic mass is 10.2. The molecule has 2 aromatic rings. The normalized spacial score (nSPS) is 24.5. The van der Waals surface area contributed by atoms with E-state index in [4.69, 9.17) is 20.9 Å². The van der Waals surface area contributed by atoms with Crippen molar-refractivity contribution in [2.75, 3.05) is 6.54 Å². The summed E-state index contributed by atoms with van der Waals surface area (Å²) in [6.45, 7) is 0.206. The summed E-state index contributed by atoms with van der Waals surface area (Å²) in [6, 6.07) is 3.06. The van der Waals surface area contributed by atoms with Gasteiger partial charge in [0.1, 0.15) is 10.3 Å². The maximum atomic E-state index is 12.2. The zero-order chi connectivity index (χ0) is 16.7. The summed E-state index contributed by atoms with van der Waals surface area (Å²) in [7, 11) is -3.56. The quantitative estimate of drug-likeness (QED) is 0.816. The van der Waals surface area contributed by atoms with Crippen LogP contribution in [0.4, 0.5) is 0 Å². The van der Waals surface area contributed by atoms with Crippen LogP contribution >= 0.6 is 22.9 Å². The van der Waals surface area contributed by atoms with Gasteiger partial charge in [-0.2, -0.15) is 4.98 Å². The molecule has 2 aromatic heterocycles. The Balaban J connectivity index is 1.33. The minimum absolute atomic E-state index is 0.202. The van der Waals surface area contributed by atoms with E-state index in [-0.39, 0.29) is 23.0 Å². The van der Waals surface area contributed by atoms with E-state index in [1.54, 1.807) is 6.07 Å². The average molecular weight is 390 g/mol. The molecule has 7 nitrogen and oxygen atoms in total. The van der Waals surface area contributed by atoms with Crippen molar-refractivity contribution in [2.24, 2.45) is 0 Å². The summed E-state index contributed by atoms with van der Waals surface area (Å²) >= 11 is 6.81. The van der Waals surface area contributed by atoms with Crippen molar-refractivity contribution in [1.82, 2.24) is 14.9 Å². The number of hydrogen-bond donors (Lipinski definition) is 1. The van der Waals surface area contributed by atoms with Gasteiger partial charge in [0.05, 0.1) is 10.4 Å². The third-order valence-corrected chi connectivity index (χ3v) is 7.24. The standard InChI is InChI=1S/C14H16ClN3O4S2/c15-11-5-6-12(23-11)24(19,20)16-7-9-3-4-10(21-9)14-17-13(18-22-14)8-1-2-8/h5-6,8-10,16H,1-4,7H2/t9-,10+/m1/s1. The Hall–Kier alpha value is -1.000. The molecule has 3 heterocycles. The molecule has 2 aliphatic rings. The first-order valence-corrected chi connectivity index (χ1v) is 10.4. The first-order valence-electron chi connectivity index (χ1n) is 7.75. The van der Waals surface area contributed by atoms with Gasteiger partial charge in [-0.05, 0) is 37.8 Å². The second-order valence-electron chi connectivity index (χ2n) is 6.00. The highest BCUT2D eigenvalue weighted by molar-refractivity contribution is 7.91. The van der Waals surface area contributed by atoms with Gasteiger partial charge in [-0.3, -0.25) is 0 Å². The van der Waals surface area contributed by atoms with Gasteiger partial charge in [-0.25, -0.2) is 13.1 Å². The van der Waals surface area contributed by atoms with Crippen LogP contribution in [0.25, 0.3) is 0 Å². The molecule has 0 amide bonds. The van der Waals surface area contributed by atoms with Gasteiger partial charge in [0.15, 0.2) is 5.82 Å². The summed E-state index contributed by atoms with van der Waals surface area (Å²) < 4.78 is 38.7. The molecule has 1 aliphatic heterocycles. The molecule has 0 unspecified atom stereocenters. The van der Waals surface area contributed by atoms with E-state index in [1.165, 1.54) is 6.07 Å². The first-order chi connectivity index (χ1) is 11.5. The Labute approximate surface area is 148 Å². The van der Waals surface area contributed by atoms with Crippen molar-refractivity contribution >= 4 is 33.0 Å². The average Bonchev–Trinajstić information content (AvgIpc) is 2.97. The van der Waals surface area contributed by atoms with Crippen LogP contribution in [-0.2, 0) is 14.8 Å². The number of hydrogen-bond acceptors (Lipinski definition) is 7. The molecule has 0 spiro atoms. The van der Waals surface area contributed by atoms with Gasteiger partial charge in [0.2, 0.25) is 10.0 Å². The van der Waals surface area contributed by atoms with Crippen LogP contribution in [0, 0.1) is 0 Å². The van der Waals surface area contributed by atoms with Gasteiger partial charge < -0.3 is 9.26 Å². The monoisotopic (exact) mass is 389 g/mol. The summed E-state index contributed by atoms with van der Waals surface area (Å²) in [5, 5.41) is 3.99. The Bertz CT molecular complexity index is 831. The van der Waals surface area contributed by atoms with Crippen molar-refractivity contribution in [3.63, 3.8) is 0 Å². The second kappa shape index (κ2) is 6.38. The summed E-state index contributed by atoms with van der Waals surface area (Å²) in [5.74, 6) is 1.68. The highest BCUT2D eigenvalue weighted by Crippen LogP contribution is 2.39. The fraction of sp³-hybridized carbons (Fsp3) is 0.571. The number of sulfonamides is 1. The van der Waals surface area contributed by atoms with E-state index in [1.807, 2.05) is 0 Å². The van der Waals surface area contributed by atoms with Gasteiger partial charge in [-0.15, -0.1) is 11.3 Å². The van der Waals surface area contributed by atoms with Crippen LogP contribution in [0.3, 0.4) is 0 Å². The van der Waals surface area contributed by atoms with Crippen LogP contribution in [0.2, 0.25) is 4.34 Å². The Morgan fingerprint density at radius 2 is 2.12 bits per heavy atom. The number of nitrogens with one attached hydrogen (secondary N) is 1. The number of halogens is 1. The van der Waals surface area contributed by atoms with Gasteiger partial charge in [-0.1, -0.05) is 16.8 Å². The van der Waals surface area contributed by atoms with Crippen molar-refractivity contribution in [3.8, 4) is 0 Å². The van der Waals surface area contributed by atoms with Crippen LogP contribution in [0.15, 0.2) is 20.9 Å². The van der Waals surface area contributed by atoms with E-state index >= 15 is 0 Å². The summed E-state index contributed by atoms with van der Waals surface area (Å²) in [4.78, 5) is 4.39. The molecule has 130 valence electrons. The highest BCUT2D eigenvalue weighted by Gasteiger charge is 2.34. The molecule has 24 heavy (non-hydrogen) atoms. The fourth-order valence-corrected chi connectivity index (χ4v) is 5.23. The number of thiophene rings is 1. The topological polar surface area (TPSA) is 94.3 Å². The zero-order valence-corrected chi connectivity index (χ0v) is 15.0. The molecule has 0 bridgehead atoms. The highest BCUT2D eigenvalue weighted by atomic mass is 35.5. The number of aromatic nitrogens is 2. The van der Waals surface area contributed by atoms with Crippen molar-refractivity contribution in [3.05, 3.63) is 28.2 Å². The van der Waals surface area contributed by atoms with E-state index < -0.39 is 10.0 Å². The van der Waals surface area contributed by atoms with E-state index in [9.17, 15) is 8.42 Å². The third kappa shape index (κ3) is 3.50. The minimum atomic E-state index is -3.56. The SMILES string of the molecule is O=S(=O)(NC[C@H]1CC[C@@H](c2nc(C3CC3)no2)O1)c1ccc(Cl)s1. The molecule has 1 aliphatic carbocycles. The van der Waals surface area contributed by atoms with Crippen LogP contribution in [0.1, 0.15) is 49.4 Å². The molecular formula is C14H16ClN3O4S2. The number of rotatable bonds is 6. The van der Waals surface area contributed by atoms with Crippen molar-refractivity contribution in [2.45, 2.75) is 48.0 Å². The lowest BCUT2D eigenvalue weighted by Gasteiger charge is -2.12. The molecule has 1 saturated carbocycles. The zero-order valence-electron chi connectivity index (χ0n) is 12.6. The second-order valence-corrected chi connectivity index (χ2v) is 9.71. The van der Waals surface area contributed by atoms with Gasteiger partial charge in [0, 0.05) is 12.5 Å². The third-order valence-electron chi connectivity index (χ3n) is 4.10. The molecule has 0 aromatic carbocycles. The van der Waals surface area contributed by atoms with Crippen LogP contribution < -0.4 is 4.72 Å². The van der Waals surface area contributed by atoms with Crippen molar-refractivity contribution in [1.29, 1.82) is 0 Å². The fourth-order valence-electron chi connectivity index (χ4n) is 2.64. The summed E-state index contributed by atoms with van der Waals surface area (Å²) in [6.07, 6.45) is 3.24. The molecule has 0 radical (unpaired) electrons. The molecule has 10 heteroatoms. The molecule has 1 N–H and O–H groups in total. The van der Waals surface area contributed by atoms with E-state index in [0.717, 1.165) is 42.8 Å². The number of ether oxygens (including phenoxy) is 1. The summed E-state index contributed by atoms with van der Waals surface area (Å²) in [5.41, 5.74) is 0. The predicted molar refractivity (Wildman–Crippen MR) is 87.6 cm³/mol. The molecule has 2 atom stereocenters. The lowest BCUT2D eigenvalue weighted by molar-refractivity contribution is 0.0290. The van der Waals surface area contributed by atoms with Gasteiger partial charge >= 0.3 is 0 Å². The van der Waals surface area contributed by atoms with Gasteiger partial charge in [0.25, 0.3) is 5.89 Å².